The zero-order valence-corrected chi connectivity index (χ0v) is 10.5. The van der Waals surface area contributed by atoms with Gasteiger partial charge < -0.3 is 5.32 Å². The highest BCUT2D eigenvalue weighted by Crippen LogP contribution is 2.30. The van der Waals surface area contributed by atoms with Gasteiger partial charge >= 0.3 is 6.18 Å². The third-order valence-electron chi connectivity index (χ3n) is 2.57. The lowest BCUT2D eigenvalue weighted by Gasteiger charge is -2.09. The van der Waals surface area contributed by atoms with E-state index in [9.17, 15) is 13.2 Å². The van der Waals surface area contributed by atoms with E-state index in [2.05, 4.69) is 10.3 Å². The van der Waals surface area contributed by atoms with Gasteiger partial charge in [0.15, 0.2) is 0 Å². The first kappa shape index (κ1) is 13.9. The van der Waals surface area contributed by atoms with Crippen LogP contribution >= 0.6 is 0 Å². The Morgan fingerprint density at radius 3 is 2.35 bits per heavy atom. The summed E-state index contributed by atoms with van der Waals surface area (Å²) < 4.78 is 37.3. The SMILES string of the molecule is Cc1cc(C#N)cc(Nc2ccc(C(F)(F)F)cc2)n1. The van der Waals surface area contributed by atoms with Gasteiger partial charge in [0, 0.05) is 11.4 Å². The van der Waals surface area contributed by atoms with Crippen molar-refractivity contribution in [2.45, 2.75) is 13.1 Å². The van der Waals surface area contributed by atoms with Crippen LogP contribution in [0.4, 0.5) is 24.7 Å². The number of aryl methyl sites for hydroxylation is 1. The van der Waals surface area contributed by atoms with Gasteiger partial charge in [-0.15, -0.1) is 0 Å². The topological polar surface area (TPSA) is 48.7 Å². The number of nitrogens with one attached hydrogen (secondary N) is 1. The van der Waals surface area contributed by atoms with Crippen LogP contribution in [0, 0.1) is 18.3 Å². The number of nitriles is 1. The highest BCUT2D eigenvalue weighted by Gasteiger charge is 2.29. The number of alkyl halides is 3. The number of benzene rings is 1. The maximum Gasteiger partial charge on any atom is 0.416 e. The number of nitrogens with zero attached hydrogens (tertiary/aromatic N) is 2. The Labute approximate surface area is 113 Å². The van der Waals surface area contributed by atoms with Gasteiger partial charge in [0.2, 0.25) is 0 Å². The molecule has 0 aliphatic carbocycles. The number of anilines is 2. The zero-order valence-electron chi connectivity index (χ0n) is 10.5. The first-order valence-corrected chi connectivity index (χ1v) is 5.71. The summed E-state index contributed by atoms with van der Waals surface area (Å²) in [4.78, 5) is 4.16. The molecule has 0 bridgehead atoms. The minimum atomic E-state index is -4.35. The van der Waals surface area contributed by atoms with Crippen molar-refractivity contribution >= 4 is 11.5 Å². The summed E-state index contributed by atoms with van der Waals surface area (Å²) in [6.07, 6.45) is -4.35. The van der Waals surface area contributed by atoms with E-state index in [1.807, 2.05) is 6.07 Å². The molecule has 0 amide bonds. The number of hydrogen-bond acceptors (Lipinski definition) is 3. The van der Waals surface area contributed by atoms with E-state index in [0.717, 1.165) is 12.1 Å². The molecular formula is C14H10F3N3. The Bertz CT molecular complexity index is 655. The molecule has 2 aromatic rings. The highest BCUT2D eigenvalue weighted by molar-refractivity contribution is 5.58. The number of aromatic nitrogens is 1. The van der Waals surface area contributed by atoms with Crippen LogP contribution < -0.4 is 5.32 Å². The summed E-state index contributed by atoms with van der Waals surface area (Å²) in [5.74, 6) is 0.418. The van der Waals surface area contributed by atoms with Gasteiger partial charge in [0.25, 0.3) is 0 Å². The number of rotatable bonds is 2. The van der Waals surface area contributed by atoms with Crippen LogP contribution in [0.25, 0.3) is 0 Å². The van der Waals surface area contributed by atoms with Crippen LogP contribution in [0.1, 0.15) is 16.8 Å². The molecule has 102 valence electrons. The lowest BCUT2D eigenvalue weighted by atomic mass is 10.2. The molecule has 0 spiro atoms. The van der Waals surface area contributed by atoms with Gasteiger partial charge in [0.1, 0.15) is 5.82 Å². The predicted molar refractivity (Wildman–Crippen MR) is 68.4 cm³/mol. The molecule has 0 saturated carbocycles. The fourth-order valence-electron chi connectivity index (χ4n) is 1.69. The third kappa shape index (κ3) is 3.26. The van der Waals surface area contributed by atoms with Gasteiger partial charge in [-0.2, -0.15) is 18.4 Å². The molecule has 1 N–H and O–H groups in total. The van der Waals surface area contributed by atoms with Gasteiger partial charge in [0.05, 0.1) is 17.2 Å². The fraction of sp³-hybridized carbons (Fsp3) is 0.143. The summed E-state index contributed by atoms with van der Waals surface area (Å²) in [5, 5.41) is 11.7. The molecule has 0 saturated heterocycles. The molecule has 0 aliphatic rings. The van der Waals surface area contributed by atoms with Crippen molar-refractivity contribution in [1.29, 1.82) is 5.26 Å². The van der Waals surface area contributed by atoms with E-state index >= 15 is 0 Å². The van der Waals surface area contributed by atoms with Gasteiger partial charge in [-0.25, -0.2) is 4.98 Å². The smallest absolute Gasteiger partial charge is 0.340 e. The van der Waals surface area contributed by atoms with Crippen molar-refractivity contribution in [2.75, 3.05) is 5.32 Å². The van der Waals surface area contributed by atoms with Crippen LogP contribution in [0.5, 0.6) is 0 Å². The summed E-state index contributed by atoms with van der Waals surface area (Å²) in [5.41, 5.74) is 0.850. The van der Waals surface area contributed by atoms with E-state index in [-0.39, 0.29) is 0 Å². The molecule has 20 heavy (non-hydrogen) atoms. The molecule has 0 radical (unpaired) electrons. The molecule has 0 atom stereocenters. The number of pyridine rings is 1. The summed E-state index contributed by atoms with van der Waals surface area (Å²) in [7, 11) is 0. The molecular weight excluding hydrogens is 267 g/mol. The Kier molecular flexibility index (Phi) is 3.61. The predicted octanol–water partition coefficient (Wildman–Crippen LogP) is 4.02. The van der Waals surface area contributed by atoms with Crippen LogP contribution in [0.3, 0.4) is 0 Å². The van der Waals surface area contributed by atoms with Gasteiger partial charge in [-0.3, -0.25) is 0 Å². The maximum absolute atomic E-state index is 12.4. The van der Waals surface area contributed by atoms with E-state index in [1.165, 1.54) is 18.2 Å². The van der Waals surface area contributed by atoms with E-state index < -0.39 is 11.7 Å². The monoisotopic (exact) mass is 277 g/mol. The molecule has 0 unspecified atom stereocenters. The average molecular weight is 277 g/mol. The Morgan fingerprint density at radius 1 is 1.15 bits per heavy atom. The number of hydrogen-bond donors (Lipinski definition) is 1. The van der Waals surface area contributed by atoms with Crippen molar-refractivity contribution in [3.05, 3.63) is 53.2 Å². The van der Waals surface area contributed by atoms with Crippen molar-refractivity contribution in [2.24, 2.45) is 0 Å². The lowest BCUT2D eigenvalue weighted by molar-refractivity contribution is -0.137. The zero-order chi connectivity index (χ0) is 14.8. The Morgan fingerprint density at radius 2 is 1.80 bits per heavy atom. The lowest BCUT2D eigenvalue weighted by Crippen LogP contribution is -2.04. The molecule has 0 aliphatic heterocycles. The fourth-order valence-corrected chi connectivity index (χ4v) is 1.69. The number of halogens is 3. The molecule has 1 aromatic heterocycles. The first-order chi connectivity index (χ1) is 9.38. The van der Waals surface area contributed by atoms with Crippen LogP contribution in [-0.4, -0.2) is 4.98 Å². The van der Waals surface area contributed by atoms with E-state index in [1.54, 1.807) is 13.0 Å². The van der Waals surface area contributed by atoms with Crippen molar-refractivity contribution < 1.29 is 13.2 Å². The Hall–Kier alpha value is -2.55. The van der Waals surface area contributed by atoms with E-state index in [4.69, 9.17) is 5.26 Å². The van der Waals surface area contributed by atoms with Gasteiger partial charge in [-0.05, 0) is 43.3 Å². The standard InChI is InChI=1S/C14H10F3N3/c1-9-6-10(8-18)7-13(19-9)20-12-4-2-11(3-5-12)14(15,16)17/h2-7H,1H3,(H,19,20). The summed E-state index contributed by atoms with van der Waals surface area (Å²) in [6.45, 7) is 1.73. The average Bonchev–Trinajstić information content (AvgIpc) is 2.37. The quantitative estimate of drug-likeness (QED) is 0.901. The Balaban J connectivity index is 2.23. The highest BCUT2D eigenvalue weighted by atomic mass is 19.4. The molecule has 0 fully saturated rings. The second-order valence-corrected chi connectivity index (χ2v) is 4.19. The minimum absolute atomic E-state index is 0.418. The van der Waals surface area contributed by atoms with Crippen LogP contribution in [0.15, 0.2) is 36.4 Å². The van der Waals surface area contributed by atoms with Crippen molar-refractivity contribution in [3.63, 3.8) is 0 Å². The molecule has 3 nitrogen and oxygen atoms in total. The third-order valence-corrected chi connectivity index (χ3v) is 2.57. The second kappa shape index (κ2) is 5.21. The van der Waals surface area contributed by atoms with E-state index in [0.29, 0.717) is 22.8 Å². The van der Waals surface area contributed by atoms with Crippen LogP contribution in [0.2, 0.25) is 0 Å². The molecule has 1 heterocycles. The molecule has 1 aromatic carbocycles. The molecule has 6 heteroatoms. The summed E-state index contributed by atoms with van der Waals surface area (Å²) >= 11 is 0. The van der Waals surface area contributed by atoms with Gasteiger partial charge in [-0.1, -0.05) is 0 Å². The largest absolute Gasteiger partial charge is 0.416 e. The normalized spacial score (nSPS) is 10.9. The maximum atomic E-state index is 12.4. The summed E-state index contributed by atoms with van der Waals surface area (Å²) in [6, 6.07) is 9.77. The first-order valence-electron chi connectivity index (χ1n) is 5.71. The van der Waals surface area contributed by atoms with Crippen molar-refractivity contribution in [1.82, 2.24) is 4.98 Å². The molecule has 2 rings (SSSR count). The second-order valence-electron chi connectivity index (χ2n) is 4.19. The minimum Gasteiger partial charge on any atom is -0.340 e. The van der Waals surface area contributed by atoms with Crippen LogP contribution in [-0.2, 0) is 6.18 Å². The van der Waals surface area contributed by atoms with Crippen molar-refractivity contribution in [3.8, 4) is 6.07 Å².